The molecule has 0 spiro atoms. The first-order valence-electron chi connectivity index (χ1n) is 6.42. The van der Waals surface area contributed by atoms with E-state index in [1.54, 1.807) is 24.3 Å². The molecule has 0 radical (unpaired) electrons. The number of carbonyl (C=O) groups is 1. The van der Waals surface area contributed by atoms with Crippen LogP contribution in [0.2, 0.25) is 0 Å². The molecule has 1 aromatic carbocycles. The summed E-state index contributed by atoms with van der Waals surface area (Å²) in [6.07, 6.45) is 2.30. The van der Waals surface area contributed by atoms with Crippen molar-refractivity contribution in [2.24, 2.45) is 0 Å². The van der Waals surface area contributed by atoms with Crippen molar-refractivity contribution in [1.82, 2.24) is 4.90 Å². The minimum absolute atomic E-state index is 0.0337. The normalized spacial score (nSPS) is 15.6. The first kappa shape index (κ1) is 13.1. The minimum Gasteiger partial charge on any atom is -0.343 e. The van der Waals surface area contributed by atoms with Crippen molar-refractivity contribution in [2.75, 3.05) is 13.1 Å². The Morgan fingerprint density at radius 2 is 2.05 bits per heavy atom. The van der Waals surface area contributed by atoms with Crippen LogP contribution in [-0.4, -0.2) is 23.9 Å². The zero-order chi connectivity index (χ0) is 13.7. The third kappa shape index (κ3) is 3.11. The Bertz CT molecular complexity index is 547. The van der Waals surface area contributed by atoms with Crippen LogP contribution >= 0.6 is 0 Å². The Kier molecular flexibility index (Phi) is 4.15. The number of hydrogen-bond acceptors (Lipinski definition) is 3. The quantitative estimate of drug-likeness (QED) is 0.829. The molecule has 1 aromatic rings. The molecule has 4 heteroatoms. The largest absolute Gasteiger partial charge is 0.343 e. The van der Waals surface area contributed by atoms with E-state index in [9.17, 15) is 10.1 Å². The molecular formula is C15H15N3O. The van der Waals surface area contributed by atoms with Gasteiger partial charge in [-0.2, -0.15) is 10.5 Å². The fourth-order valence-corrected chi connectivity index (χ4v) is 2.33. The van der Waals surface area contributed by atoms with E-state index in [1.165, 1.54) is 0 Å². The van der Waals surface area contributed by atoms with Crippen LogP contribution in [0.5, 0.6) is 0 Å². The smallest absolute Gasteiger partial charge is 0.224 e. The Hall–Kier alpha value is -2.33. The lowest BCUT2D eigenvalue weighted by molar-refractivity contribution is -0.130. The summed E-state index contributed by atoms with van der Waals surface area (Å²) in [5, 5.41) is 18.1. The van der Waals surface area contributed by atoms with Crippen molar-refractivity contribution >= 4 is 5.91 Å². The van der Waals surface area contributed by atoms with E-state index in [2.05, 4.69) is 6.07 Å². The van der Waals surface area contributed by atoms with Gasteiger partial charge >= 0.3 is 0 Å². The second-order valence-corrected chi connectivity index (χ2v) is 4.71. The van der Waals surface area contributed by atoms with Crippen LogP contribution in [0.3, 0.4) is 0 Å². The maximum Gasteiger partial charge on any atom is 0.224 e. The number of nitriles is 2. The molecule has 1 amide bonds. The highest BCUT2D eigenvalue weighted by Gasteiger charge is 2.22. The van der Waals surface area contributed by atoms with Gasteiger partial charge in [-0.05, 0) is 30.5 Å². The van der Waals surface area contributed by atoms with Gasteiger partial charge in [-0.1, -0.05) is 12.1 Å². The highest BCUT2D eigenvalue weighted by Crippen LogP contribution is 2.22. The highest BCUT2D eigenvalue weighted by molar-refractivity contribution is 5.77. The molecule has 1 unspecified atom stereocenters. The predicted molar refractivity (Wildman–Crippen MR) is 69.9 cm³/mol. The van der Waals surface area contributed by atoms with E-state index >= 15 is 0 Å². The molecule has 1 aliphatic rings. The van der Waals surface area contributed by atoms with Crippen LogP contribution in [0.1, 0.15) is 36.3 Å². The molecule has 0 N–H and O–H groups in total. The lowest BCUT2D eigenvalue weighted by Crippen LogP contribution is -2.28. The second-order valence-electron chi connectivity index (χ2n) is 4.71. The van der Waals surface area contributed by atoms with Crippen molar-refractivity contribution in [2.45, 2.75) is 25.2 Å². The Morgan fingerprint density at radius 1 is 1.32 bits per heavy atom. The molecule has 0 aliphatic carbocycles. The van der Waals surface area contributed by atoms with Gasteiger partial charge in [0.05, 0.1) is 23.6 Å². The van der Waals surface area contributed by atoms with Crippen LogP contribution in [0, 0.1) is 22.7 Å². The molecule has 1 atom stereocenters. The molecule has 0 saturated carbocycles. The zero-order valence-corrected chi connectivity index (χ0v) is 10.7. The number of carbonyl (C=O) groups excluding carboxylic acids is 1. The molecule has 1 heterocycles. The third-order valence-corrected chi connectivity index (χ3v) is 3.41. The molecule has 19 heavy (non-hydrogen) atoms. The number of hydrogen-bond donors (Lipinski definition) is 0. The number of amides is 1. The summed E-state index contributed by atoms with van der Waals surface area (Å²) >= 11 is 0. The van der Waals surface area contributed by atoms with Crippen molar-refractivity contribution < 1.29 is 4.79 Å². The summed E-state index contributed by atoms with van der Waals surface area (Å²) < 4.78 is 0. The van der Waals surface area contributed by atoms with Crippen LogP contribution in [0.15, 0.2) is 24.3 Å². The van der Waals surface area contributed by atoms with Crippen LogP contribution in [0.25, 0.3) is 0 Å². The van der Waals surface area contributed by atoms with Gasteiger partial charge in [-0.15, -0.1) is 0 Å². The Labute approximate surface area is 112 Å². The molecule has 4 nitrogen and oxygen atoms in total. The average molecular weight is 253 g/mol. The maximum absolute atomic E-state index is 12.1. The van der Waals surface area contributed by atoms with Crippen molar-refractivity contribution in [1.29, 1.82) is 10.5 Å². The van der Waals surface area contributed by atoms with E-state index in [0.717, 1.165) is 31.5 Å². The van der Waals surface area contributed by atoms with Crippen LogP contribution in [0.4, 0.5) is 0 Å². The molecule has 1 fully saturated rings. The number of rotatable bonds is 3. The standard InChI is InChI=1S/C15H15N3O/c16-10-12-4-3-5-13(8-12)14(11-17)9-15(19)18-6-1-2-7-18/h3-5,8,14H,1-2,6-7,9H2. The van der Waals surface area contributed by atoms with Gasteiger partial charge in [0.2, 0.25) is 5.91 Å². The summed E-state index contributed by atoms with van der Waals surface area (Å²) in [4.78, 5) is 13.9. The topological polar surface area (TPSA) is 67.9 Å². The summed E-state index contributed by atoms with van der Waals surface area (Å²) in [6.45, 7) is 1.60. The number of benzene rings is 1. The summed E-state index contributed by atoms with van der Waals surface area (Å²) in [5.74, 6) is -0.437. The first-order valence-corrected chi connectivity index (χ1v) is 6.42. The highest BCUT2D eigenvalue weighted by atomic mass is 16.2. The molecule has 96 valence electrons. The molecule has 1 aliphatic heterocycles. The number of likely N-dealkylation sites (tertiary alicyclic amines) is 1. The fourth-order valence-electron chi connectivity index (χ4n) is 2.33. The van der Waals surface area contributed by atoms with Crippen molar-refractivity contribution in [3.05, 3.63) is 35.4 Å². The fraction of sp³-hybridized carbons (Fsp3) is 0.400. The number of nitrogens with zero attached hydrogens (tertiary/aromatic N) is 3. The van der Waals surface area contributed by atoms with Crippen molar-refractivity contribution in [3.8, 4) is 12.1 Å². The maximum atomic E-state index is 12.1. The second kappa shape index (κ2) is 6.02. The molecule has 2 rings (SSSR count). The third-order valence-electron chi connectivity index (χ3n) is 3.41. The van der Waals surface area contributed by atoms with Gasteiger partial charge in [0.25, 0.3) is 0 Å². The SMILES string of the molecule is N#Cc1cccc(C(C#N)CC(=O)N2CCCC2)c1. The molecule has 1 saturated heterocycles. The van der Waals surface area contributed by atoms with Crippen LogP contribution < -0.4 is 0 Å². The van der Waals surface area contributed by atoms with Gasteiger partial charge in [-0.3, -0.25) is 4.79 Å². The van der Waals surface area contributed by atoms with Crippen molar-refractivity contribution in [3.63, 3.8) is 0 Å². The monoisotopic (exact) mass is 253 g/mol. The lowest BCUT2D eigenvalue weighted by Gasteiger charge is -2.17. The summed E-state index contributed by atoms with van der Waals surface area (Å²) in [7, 11) is 0. The zero-order valence-electron chi connectivity index (χ0n) is 10.7. The van der Waals surface area contributed by atoms with E-state index in [4.69, 9.17) is 5.26 Å². The van der Waals surface area contributed by atoms with Gasteiger partial charge in [0.1, 0.15) is 0 Å². The van der Waals surface area contributed by atoms with E-state index < -0.39 is 5.92 Å². The molecule has 0 bridgehead atoms. The van der Waals surface area contributed by atoms with Gasteiger partial charge in [0.15, 0.2) is 0 Å². The molecule has 0 aromatic heterocycles. The van der Waals surface area contributed by atoms with Crippen LogP contribution in [-0.2, 0) is 4.79 Å². The van der Waals surface area contributed by atoms with Gasteiger partial charge < -0.3 is 4.90 Å². The predicted octanol–water partition coefficient (Wildman–Crippen LogP) is 2.18. The molecular weight excluding hydrogens is 238 g/mol. The Balaban J connectivity index is 2.09. The minimum atomic E-state index is -0.471. The summed E-state index contributed by atoms with van der Waals surface area (Å²) in [5.41, 5.74) is 1.26. The average Bonchev–Trinajstić information content (AvgIpc) is 2.98. The van der Waals surface area contributed by atoms with E-state index in [1.807, 2.05) is 11.0 Å². The first-order chi connectivity index (χ1) is 9.24. The summed E-state index contributed by atoms with van der Waals surface area (Å²) in [6, 6.07) is 11.1. The van der Waals surface area contributed by atoms with Gasteiger partial charge in [0, 0.05) is 19.5 Å². The Morgan fingerprint density at radius 3 is 2.68 bits per heavy atom. The van der Waals surface area contributed by atoms with E-state index in [-0.39, 0.29) is 12.3 Å². The van der Waals surface area contributed by atoms with E-state index in [0.29, 0.717) is 5.56 Å². The lowest BCUT2D eigenvalue weighted by atomic mass is 9.95. The van der Waals surface area contributed by atoms with Gasteiger partial charge in [-0.25, -0.2) is 0 Å².